The lowest BCUT2D eigenvalue weighted by Gasteiger charge is -2.37. The van der Waals surface area contributed by atoms with Crippen LogP contribution in [-0.4, -0.2) is 31.5 Å². The molecule has 0 amide bonds. The molecule has 3 nitrogen and oxygen atoms in total. The van der Waals surface area contributed by atoms with Crippen molar-refractivity contribution in [3.63, 3.8) is 0 Å². The second-order valence-electron chi connectivity index (χ2n) is 11.2. The quantitative estimate of drug-likeness (QED) is 0.111. The molecular weight excluding hydrogens is 512 g/mol. The lowest BCUT2D eigenvalue weighted by atomic mass is 9.71. The van der Waals surface area contributed by atoms with Gasteiger partial charge in [0, 0.05) is 11.7 Å². The summed E-state index contributed by atoms with van der Waals surface area (Å²) in [5, 5.41) is 0.266. The Labute approximate surface area is 249 Å². The molecule has 0 heterocycles. The summed E-state index contributed by atoms with van der Waals surface area (Å²) in [4.78, 5) is 12.2. The number of hydrogen-bond acceptors (Lipinski definition) is 4. The normalized spacial score (nSPS) is 14.6. The summed E-state index contributed by atoms with van der Waals surface area (Å²) in [6.07, 6.45) is 20.1. The molecule has 2 aromatic rings. The van der Waals surface area contributed by atoms with Crippen molar-refractivity contribution in [3.05, 3.63) is 71.8 Å². The highest BCUT2D eigenvalue weighted by Crippen LogP contribution is 2.46. The maximum atomic E-state index is 12.2. The van der Waals surface area contributed by atoms with E-state index in [4.69, 9.17) is 9.47 Å². The molecule has 0 fully saturated rings. The largest absolute Gasteiger partial charge is 0.497 e. The summed E-state index contributed by atoms with van der Waals surface area (Å²) in [5.41, 5.74) is 2.66. The van der Waals surface area contributed by atoms with Gasteiger partial charge in [-0.3, -0.25) is 4.79 Å². The molecule has 2 rings (SSSR count). The monoisotopic (exact) mass is 566 g/mol. The van der Waals surface area contributed by atoms with Crippen LogP contribution in [0.5, 0.6) is 11.5 Å². The molecule has 0 aromatic heterocycles. The molecule has 222 valence electrons. The lowest BCUT2D eigenvalue weighted by Crippen LogP contribution is -2.28. The number of ketones is 1. The standard InChI is InChI=1S/C36H54O3S/c1-7-8-9-10-11-12-13-14-15-16-17-18-34(30-19-23-32(38-4)24-20-30)36(29(3)35(40-6)27-28(2)37)31-21-25-33(39-5)26-22-31/h14-15,19-26,29,34-36H,7-13,16-18,27H2,1-6H3. The minimum Gasteiger partial charge on any atom is -0.497 e. The Morgan fingerprint density at radius 3 is 1.85 bits per heavy atom. The molecule has 0 aliphatic rings. The zero-order valence-electron chi connectivity index (χ0n) is 26.0. The minimum absolute atomic E-state index is 0.260. The van der Waals surface area contributed by atoms with Gasteiger partial charge in [-0.15, -0.1) is 0 Å². The van der Waals surface area contributed by atoms with E-state index in [0.29, 0.717) is 18.3 Å². The van der Waals surface area contributed by atoms with Crippen molar-refractivity contribution in [2.75, 3.05) is 20.5 Å². The number of methoxy groups -OCH3 is 2. The Morgan fingerprint density at radius 1 is 0.800 bits per heavy atom. The number of allylic oxidation sites excluding steroid dienone is 2. The molecule has 4 heteroatoms. The summed E-state index contributed by atoms with van der Waals surface area (Å²) in [5.74, 6) is 2.95. The van der Waals surface area contributed by atoms with Crippen LogP contribution >= 0.6 is 11.8 Å². The van der Waals surface area contributed by atoms with E-state index in [1.165, 1.54) is 56.1 Å². The minimum atomic E-state index is 0.260. The molecule has 0 aliphatic heterocycles. The number of thioether (sulfide) groups is 1. The van der Waals surface area contributed by atoms with Crippen LogP contribution in [0.3, 0.4) is 0 Å². The number of Topliss-reactive ketones (excluding diaryl/α,β-unsaturated/α-hetero) is 1. The highest BCUT2D eigenvalue weighted by molar-refractivity contribution is 7.99. The number of ether oxygens (including phenoxy) is 2. The van der Waals surface area contributed by atoms with Crippen molar-refractivity contribution in [1.29, 1.82) is 0 Å². The van der Waals surface area contributed by atoms with E-state index < -0.39 is 0 Å². The topological polar surface area (TPSA) is 35.5 Å². The number of rotatable bonds is 21. The van der Waals surface area contributed by atoms with Crippen molar-refractivity contribution in [2.45, 2.75) is 108 Å². The SMILES string of the molecule is CCCCCCCCC=CCCCC(c1ccc(OC)cc1)C(c1ccc(OC)cc1)C(C)C(CC(C)=O)SC. The Morgan fingerprint density at radius 2 is 1.32 bits per heavy atom. The summed E-state index contributed by atoms with van der Waals surface area (Å²) < 4.78 is 11.0. The molecule has 4 unspecified atom stereocenters. The fourth-order valence-corrected chi connectivity index (χ4v) is 6.87. The summed E-state index contributed by atoms with van der Waals surface area (Å²) >= 11 is 1.82. The van der Waals surface area contributed by atoms with E-state index >= 15 is 0 Å². The second kappa shape index (κ2) is 19.8. The molecule has 0 spiro atoms. The first-order chi connectivity index (χ1) is 19.4. The van der Waals surface area contributed by atoms with Crippen molar-refractivity contribution in [1.82, 2.24) is 0 Å². The lowest BCUT2D eigenvalue weighted by molar-refractivity contribution is -0.117. The van der Waals surface area contributed by atoms with Crippen LogP contribution in [0, 0.1) is 5.92 Å². The predicted octanol–water partition coefficient (Wildman–Crippen LogP) is 10.4. The number of carbonyl (C=O) groups is 1. The first-order valence-electron chi connectivity index (χ1n) is 15.4. The fraction of sp³-hybridized carbons (Fsp3) is 0.583. The van der Waals surface area contributed by atoms with Gasteiger partial charge in [0.25, 0.3) is 0 Å². The van der Waals surface area contributed by atoms with Crippen LogP contribution in [0.25, 0.3) is 0 Å². The predicted molar refractivity (Wildman–Crippen MR) is 174 cm³/mol. The van der Waals surface area contributed by atoms with Gasteiger partial charge in [0.1, 0.15) is 17.3 Å². The number of carbonyl (C=O) groups excluding carboxylic acids is 1. The highest BCUT2D eigenvalue weighted by atomic mass is 32.2. The van der Waals surface area contributed by atoms with Gasteiger partial charge in [0.05, 0.1) is 14.2 Å². The third-order valence-electron chi connectivity index (χ3n) is 8.20. The molecule has 0 radical (unpaired) electrons. The fourth-order valence-electron chi connectivity index (χ4n) is 5.87. The summed E-state index contributed by atoms with van der Waals surface area (Å²) in [6, 6.07) is 17.2. The Bertz CT molecular complexity index is 967. The molecule has 0 N–H and O–H groups in total. The molecule has 40 heavy (non-hydrogen) atoms. The molecular formula is C36H54O3S. The molecule has 0 saturated heterocycles. The maximum absolute atomic E-state index is 12.2. The first kappa shape index (κ1) is 34.0. The Hall–Kier alpha value is -2.20. The van der Waals surface area contributed by atoms with Crippen LogP contribution in [0.4, 0.5) is 0 Å². The van der Waals surface area contributed by atoms with Crippen LogP contribution < -0.4 is 9.47 Å². The van der Waals surface area contributed by atoms with Gasteiger partial charge in [0.2, 0.25) is 0 Å². The summed E-state index contributed by atoms with van der Waals surface area (Å²) in [6.45, 7) is 6.34. The van der Waals surface area contributed by atoms with Gasteiger partial charge in [-0.05, 0) is 98.4 Å². The average Bonchev–Trinajstić information content (AvgIpc) is 2.98. The van der Waals surface area contributed by atoms with Gasteiger partial charge in [-0.2, -0.15) is 11.8 Å². The second-order valence-corrected chi connectivity index (χ2v) is 12.3. The van der Waals surface area contributed by atoms with Crippen LogP contribution in [0.2, 0.25) is 0 Å². The first-order valence-corrected chi connectivity index (χ1v) is 16.7. The van der Waals surface area contributed by atoms with Crippen molar-refractivity contribution >= 4 is 17.5 Å². The zero-order valence-corrected chi connectivity index (χ0v) is 26.8. The van der Waals surface area contributed by atoms with Crippen molar-refractivity contribution in [3.8, 4) is 11.5 Å². The van der Waals surface area contributed by atoms with E-state index in [1.807, 2.05) is 11.8 Å². The third-order valence-corrected chi connectivity index (χ3v) is 9.40. The van der Waals surface area contributed by atoms with E-state index in [1.54, 1.807) is 21.1 Å². The van der Waals surface area contributed by atoms with Gasteiger partial charge >= 0.3 is 0 Å². The molecule has 0 aliphatic carbocycles. The average molecular weight is 567 g/mol. The van der Waals surface area contributed by atoms with E-state index in [0.717, 1.165) is 30.8 Å². The van der Waals surface area contributed by atoms with Crippen LogP contribution in [0.15, 0.2) is 60.7 Å². The number of benzene rings is 2. The zero-order chi connectivity index (χ0) is 29.2. The maximum Gasteiger partial charge on any atom is 0.130 e. The molecule has 0 bridgehead atoms. The Kier molecular flexibility index (Phi) is 16.8. The van der Waals surface area contributed by atoms with Crippen LogP contribution in [0.1, 0.15) is 114 Å². The van der Waals surface area contributed by atoms with Gasteiger partial charge < -0.3 is 9.47 Å². The molecule has 4 atom stereocenters. The summed E-state index contributed by atoms with van der Waals surface area (Å²) in [7, 11) is 3.43. The van der Waals surface area contributed by atoms with E-state index in [2.05, 4.69) is 80.8 Å². The van der Waals surface area contributed by atoms with E-state index in [-0.39, 0.29) is 17.0 Å². The molecule has 2 aromatic carbocycles. The third kappa shape index (κ3) is 11.7. The van der Waals surface area contributed by atoms with Crippen molar-refractivity contribution < 1.29 is 14.3 Å². The number of hydrogen-bond donors (Lipinski definition) is 0. The molecule has 0 saturated carbocycles. The van der Waals surface area contributed by atoms with Crippen molar-refractivity contribution in [2.24, 2.45) is 5.92 Å². The Balaban J connectivity index is 2.25. The highest BCUT2D eigenvalue weighted by Gasteiger charge is 2.34. The van der Waals surface area contributed by atoms with Crippen LogP contribution in [-0.2, 0) is 4.79 Å². The smallest absolute Gasteiger partial charge is 0.130 e. The van der Waals surface area contributed by atoms with Gasteiger partial charge in [0.15, 0.2) is 0 Å². The van der Waals surface area contributed by atoms with Gasteiger partial charge in [-0.25, -0.2) is 0 Å². The van der Waals surface area contributed by atoms with E-state index in [9.17, 15) is 4.79 Å². The number of unbranched alkanes of at least 4 members (excludes halogenated alkanes) is 7. The van der Waals surface area contributed by atoms with Gasteiger partial charge in [-0.1, -0.05) is 82.4 Å².